The number of aliphatic carboxylic acids is 5. The van der Waals surface area contributed by atoms with E-state index in [1.807, 2.05) is 25.6 Å². The van der Waals surface area contributed by atoms with Crippen molar-refractivity contribution in [2.24, 2.45) is 35.5 Å². The number of hydrogen-bond donors (Lipinski definition) is 7. The Labute approximate surface area is 282 Å². The molecule has 47 heavy (non-hydrogen) atoms. The fourth-order valence-electron chi connectivity index (χ4n) is 6.21. The Morgan fingerprint density at radius 3 is 1.19 bits per heavy atom. The second kappa shape index (κ2) is 23.5. The van der Waals surface area contributed by atoms with Gasteiger partial charge in [-0.15, -0.1) is 11.8 Å². The molecule has 7 N–H and O–H groups in total. The van der Waals surface area contributed by atoms with Gasteiger partial charge in [0.15, 0.2) is 0 Å². The van der Waals surface area contributed by atoms with E-state index in [4.69, 9.17) is 0 Å². The summed E-state index contributed by atoms with van der Waals surface area (Å²) in [6.45, 7) is 5.28. The van der Waals surface area contributed by atoms with Gasteiger partial charge < -0.3 is 36.2 Å². The SMILES string of the molecule is CCCC(CCC(CCC(CCC(CCC(CCC(CCC)C(=O)NCCC1NCCS1)C(=O)O)C(=O)O)C(=O)O)C(=O)O)C(=O)O. The van der Waals surface area contributed by atoms with E-state index >= 15 is 0 Å². The Hall–Kier alpha value is -2.87. The molecule has 0 bridgehead atoms. The van der Waals surface area contributed by atoms with Gasteiger partial charge in [0, 0.05) is 24.8 Å². The van der Waals surface area contributed by atoms with Gasteiger partial charge in [-0.25, -0.2) is 0 Å². The number of hydrogen-bond acceptors (Lipinski definition) is 8. The van der Waals surface area contributed by atoms with Gasteiger partial charge in [-0.1, -0.05) is 26.7 Å². The zero-order chi connectivity index (χ0) is 35.4. The minimum Gasteiger partial charge on any atom is -0.481 e. The molecule has 1 rings (SSSR count). The highest BCUT2D eigenvalue weighted by Gasteiger charge is 2.29. The largest absolute Gasteiger partial charge is 0.481 e. The van der Waals surface area contributed by atoms with Crippen LogP contribution >= 0.6 is 11.8 Å². The van der Waals surface area contributed by atoms with Crippen LogP contribution in [0.2, 0.25) is 0 Å². The molecule has 13 nitrogen and oxygen atoms in total. The minimum absolute atomic E-state index is 0.00120. The van der Waals surface area contributed by atoms with Crippen molar-refractivity contribution >= 4 is 47.5 Å². The highest BCUT2D eigenvalue weighted by molar-refractivity contribution is 8.00. The Morgan fingerprint density at radius 1 is 0.574 bits per heavy atom. The van der Waals surface area contributed by atoms with Crippen molar-refractivity contribution in [2.45, 2.75) is 116 Å². The average molecular weight is 689 g/mol. The van der Waals surface area contributed by atoms with E-state index < -0.39 is 59.4 Å². The van der Waals surface area contributed by atoms with Gasteiger partial charge in [-0.3, -0.25) is 28.8 Å². The lowest BCUT2D eigenvalue weighted by atomic mass is 9.84. The number of carbonyl (C=O) groups is 6. The Balaban J connectivity index is 2.69. The highest BCUT2D eigenvalue weighted by Crippen LogP contribution is 2.29. The summed E-state index contributed by atoms with van der Waals surface area (Å²) in [6.07, 6.45) is 4.19. The van der Waals surface area contributed by atoms with Crippen LogP contribution in [0, 0.1) is 35.5 Å². The first-order chi connectivity index (χ1) is 22.3. The van der Waals surface area contributed by atoms with Crippen molar-refractivity contribution in [3.05, 3.63) is 0 Å². The number of thioether (sulfide) groups is 1. The highest BCUT2D eigenvalue weighted by atomic mass is 32.2. The lowest BCUT2D eigenvalue weighted by Crippen LogP contribution is -2.34. The maximum absolute atomic E-state index is 12.8. The van der Waals surface area contributed by atoms with Crippen molar-refractivity contribution < 1.29 is 54.3 Å². The molecule has 0 aromatic rings. The van der Waals surface area contributed by atoms with Crippen LogP contribution in [-0.4, -0.2) is 85.5 Å². The molecular formula is C33H56N2O11S. The van der Waals surface area contributed by atoms with Crippen LogP contribution < -0.4 is 10.6 Å². The third-order valence-electron chi connectivity index (χ3n) is 9.21. The molecule has 1 aliphatic heterocycles. The third-order valence-corrected chi connectivity index (χ3v) is 10.5. The third kappa shape index (κ3) is 17.2. The average Bonchev–Trinajstić information content (AvgIpc) is 3.52. The van der Waals surface area contributed by atoms with E-state index in [0.717, 1.165) is 25.1 Å². The standard InChI is InChI=1S/C33H56N2O11S/c1-3-5-21(28(36)35-18-17-27-34-19-20-47-27)7-8-23(30(39)40)11-12-25(32(43)44)15-16-26(33(45)46)14-13-24(31(41)42)10-9-22(6-4-2)29(37)38/h21-27,34H,3-20H2,1-2H3,(H,35,36)(H,37,38)(H,39,40)(H,41,42)(H,43,44)(H,45,46). The zero-order valence-corrected chi connectivity index (χ0v) is 28.7. The summed E-state index contributed by atoms with van der Waals surface area (Å²) in [7, 11) is 0. The number of amides is 1. The zero-order valence-electron chi connectivity index (χ0n) is 27.9. The van der Waals surface area contributed by atoms with Crippen molar-refractivity contribution in [3.63, 3.8) is 0 Å². The summed E-state index contributed by atoms with van der Waals surface area (Å²) in [5, 5.41) is 55.1. The fourth-order valence-corrected chi connectivity index (χ4v) is 7.25. The van der Waals surface area contributed by atoms with Gasteiger partial charge in [0.2, 0.25) is 5.91 Å². The molecule has 7 unspecified atom stereocenters. The maximum Gasteiger partial charge on any atom is 0.306 e. The molecule has 1 aliphatic rings. The number of nitrogens with one attached hydrogen (secondary N) is 2. The van der Waals surface area contributed by atoms with Gasteiger partial charge in [-0.05, 0) is 83.5 Å². The Morgan fingerprint density at radius 2 is 0.894 bits per heavy atom. The monoisotopic (exact) mass is 688 g/mol. The van der Waals surface area contributed by atoms with Gasteiger partial charge in [0.05, 0.1) is 35.0 Å². The van der Waals surface area contributed by atoms with E-state index in [-0.39, 0.29) is 69.6 Å². The molecule has 0 aromatic carbocycles. The van der Waals surface area contributed by atoms with E-state index in [1.165, 1.54) is 0 Å². The molecule has 270 valence electrons. The molecule has 1 heterocycles. The first-order valence-corrected chi connectivity index (χ1v) is 18.1. The van der Waals surface area contributed by atoms with E-state index in [9.17, 15) is 54.3 Å². The van der Waals surface area contributed by atoms with Gasteiger partial charge in [0.25, 0.3) is 0 Å². The number of carbonyl (C=O) groups excluding carboxylic acids is 1. The summed E-state index contributed by atoms with van der Waals surface area (Å²) in [6, 6.07) is 0. The fraction of sp³-hybridized carbons (Fsp3) is 0.818. The summed E-state index contributed by atoms with van der Waals surface area (Å²) in [5.74, 6) is -9.31. The molecule has 0 radical (unpaired) electrons. The summed E-state index contributed by atoms with van der Waals surface area (Å²) >= 11 is 1.82. The molecule has 1 fully saturated rings. The topological polar surface area (TPSA) is 228 Å². The predicted molar refractivity (Wildman–Crippen MR) is 177 cm³/mol. The molecule has 0 aromatic heterocycles. The summed E-state index contributed by atoms with van der Waals surface area (Å²) in [4.78, 5) is 72.1. The van der Waals surface area contributed by atoms with Crippen molar-refractivity contribution in [1.82, 2.24) is 10.6 Å². The van der Waals surface area contributed by atoms with Crippen LogP contribution in [0.5, 0.6) is 0 Å². The molecule has 0 saturated carbocycles. The second-order valence-electron chi connectivity index (χ2n) is 12.7. The smallest absolute Gasteiger partial charge is 0.306 e. The van der Waals surface area contributed by atoms with Crippen LogP contribution in [0.4, 0.5) is 0 Å². The molecule has 0 spiro atoms. The molecule has 7 atom stereocenters. The number of carboxylic acids is 5. The van der Waals surface area contributed by atoms with Crippen molar-refractivity contribution in [1.29, 1.82) is 0 Å². The maximum atomic E-state index is 12.8. The second-order valence-corrected chi connectivity index (χ2v) is 14.0. The van der Waals surface area contributed by atoms with Crippen LogP contribution in [-0.2, 0) is 28.8 Å². The van der Waals surface area contributed by atoms with E-state index in [0.29, 0.717) is 37.6 Å². The quantitative estimate of drug-likeness (QED) is 0.0588. The first-order valence-electron chi connectivity index (χ1n) is 17.1. The number of carboxylic acid groups (broad SMARTS) is 5. The number of rotatable bonds is 28. The van der Waals surface area contributed by atoms with Crippen molar-refractivity contribution in [3.8, 4) is 0 Å². The summed E-state index contributed by atoms with van der Waals surface area (Å²) < 4.78 is 0. The predicted octanol–water partition coefficient (Wildman–Crippen LogP) is 4.78. The van der Waals surface area contributed by atoms with Crippen LogP contribution in [0.1, 0.15) is 110 Å². The lowest BCUT2D eigenvalue weighted by molar-refractivity contribution is -0.147. The molecule has 0 aliphatic carbocycles. The van der Waals surface area contributed by atoms with Gasteiger partial charge in [0.1, 0.15) is 0 Å². The first kappa shape index (κ1) is 42.2. The molecular weight excluding hydrogens is 632 g/mol. The summed E-state index contributed by atoms with van der Waals surface area (Å²) in [5.41, 5.74) is 0. The molecule has 14 heteroatoms. The van der Waals surface area contributed by atoms with Crippen LogP contribution in [0.3, 0.4) is 0 Å². The van der Waals surface area contributed by atoms with Gasteiger partial charge in [-0.2, -0.15) is 0 Å². The Kier molecular flexibility index (Phi) is 21.0. The molecule has 1 saturated heterocycles. The van der Waals surface area contributed by atoms with E-state index in [2.05, 4.69) is 10.6 Å². The van der Waals surface area contributed by atoms with Crippen LogP contribution in [0.15, 0.2) is 0 Å². The van der Waals surface area contributed by atoms with Crippen molar-refractivity contribution in [2.75, 3.05) is 18.8 Å². The Bertz CT molecular complexity index is 1010. The molecule has 1 amide bonds. The van der Waals surface area contributed by atoms with Gasteiger partial charge >= 0.3 is 29.8 Å². The minimum atomic E-state index is -1.17. The lowest BCUT2D eigenvalue weighted by Gasteiger charge is -2.21. The van der Waals surface area contributed by atoms with Crippen LogP contribution in [0.25, 0.3) is 0 Å². The normalized spacial score (nSPS) is 18.4. The van der Waals surface area contributed by atoms with E-state index in [1.54, 1.807) is 0 Å².